The molecule has 0 aromatic heterocycles. The second kappa shape index (κ2) is 13.1. The summed E-state index contributed by atoms with van der Waals surface area (Å²) in [4.78, 5) is 26.7. The largest absolute Gasteiger partial charge is 0.469 e. The highest BCUT2D eigenvalue weighted by molar-refractivity contribution is 6.42. The molecule has 1 aliphatic heterocycles. The van der Waals surface area contributed by atoms with E-state index in [1.807, 2.05) is 30.3 Å². The molecule has 8 heteroatoms. The van der Waals surface area contributed by atoms with Gasteiger partial charge in [0.25, 0.3) is 0 Å². The summed E-state index contributed by atoms with van der Waals surface area (Å²) in [5.74, 6) is 0.599. The van der Waals surface area contributed by atoms with Crippen molar-refractivity contribution in [2.45, 2.75) is 45.6 Å². The van der Waals surface area contributed by atoms with Crippen molar-refractivity contribution in [3.63, 3.8) is 0 Å². The summed E-state index contributed by atoms with van der Waals surface area (Å²) in [6.07, 6.45) is 3.41. The maximum Gasteiger partial charge on any atom is 0.319 e. The third-order valence-corrected chi connectivity index (χ3v) is 7.29. The van der Waals surface area contributed by atoms with Crippen LogP contribution in [0.5, 0.6) is 0 Å². The number of anilines is 1. The molecule has 2 amide bonds. The zero-order valence-corrected chi connectivity index (χ0v) is 22.2. The molecule has 2 aromatic carbocycles. The van der Waals surface area contributed by atoms with Crippen molar-refractivity contribution in [1.82, 2.24) is 10.2 Å². The van der Waals surface area contributed by atoms with Crippen molar-refractivity contribution in [2.24, 2.45) is 11.8 Å². The maximum atomic E-state index is 12.7. The number of benzene rings is 2. The molecule has 6 nitrogen and oxygen atoms in total. The molecule has 1 fully saturated rings. The quantitative estimate of drug-likeness (QED) is 0.410. The maximum absolute atomic E-state index is 12.7. The number of rotatable bonds is 9. The van der Waals surface area contributed by atoms with Crippen molar-refractivity contribution >= 4 is 40.9 Å². The van der Waals surface area contributed by atoms with E-state index in [-0.39, 0.29) is 24.5 Å². The smallest absolute Gasteiger partial charge is 0.319 e. The Bertz CT molecular complexity index is 1010. The highest BCUT2D eigenvalue weighted by Crippen LogP contribution is 2.27. The van der Waals surface area contributed by atoms with Gasteiger partial charge in [0, 0.05) is 18.3 Å². The number of halogens is 2. The molecule has 1 atom stereocenters. The van der Waals surface area contributed by atoms with E-state index < -0.39 is 0 Å². The fourth-order valence-corrected chi connectivity index (χ4v) is 4.73. The number of amides is 2. The molecular weight excluding hydrogens is 485 g/mol. The van der Waals surface area contributed by atoms with Gasteiger partial charge in [0.15, 0.2) is 0 Å². The molecule has 2 aromatic rings. The molecule has 0 aliphatic carbocycles. The number of nitrogens with one attached hydrogen (secondary N) is 2. The lowest BCUT2D eigenvalue weighted by molar-refractivity contribution is -0.139. The Kier molecular flexibility index (Phi) is 10.3. The van der Waals surface area contributed by atoms with Crippen molar-refractivity contribution < 1.29 is 14.3 Å². The number of likely N-dealkylation sites (tertiary alicyclic amines) is 1. The summed E-state index contributed by atoms with van der Waals surface area (Å²) in [6, 6.07) is 12.9. The first kappa shape index (κ1) is 27.3. The first-order valence-corrected chi connectivity index (χ1v) is 12.9. The first-order valence-electron chi connectivity index (χ1n) is 12.1. The molecule has 0 saturated carbocycles. The molecule has 0 radical (unpaired) electrons. The number of carbonyl (C=O) groups is 2. The van der Waals surface area contributed by atoms with E-state index in [2.05, 4.69) is 35.4 Å². The molecule has 1 aliphatic rings. The molecule has 35 heavy (non-hydrogen) atoms. The Balaban J connectivity index is 1.48. The molecule has 190 valence electrons. The molecule has 0 spiro atoms. The van der Waals surface area contributed by atoms with E-state index >= 15 is 0 Å². The lowest BCUT2D eigenvalue weighted by Gasteiger charge is -2.35. The standard InChI is InChI=1S/C27H35Cl2N3O3/c1-18(2)25(31-27(34)30-22-6-4-5-20(14-22)16-26(33)35-3)17-32-11-9-19(10-12-32)13-21-7-8-23(28)24(29)15-21/h4-8,14-15,18-19,25H,9-13,16-17H2,1-3H3,(H2,30,31,34). The summed E-state index contributed by atoms with van der Waals surface area (Å²) in [6.45, 7) is 7.08. The van der Waals surface area contributed by atoms with Gasteiger partial charge in [-0.3, -0.25) is 4.79 Å². The number of hydrogen-bond acceptors (Lipinski definition) is 4. The summed E-state index contributed by atoms with van der Waals surface area (Å²) >= 11 is 12.2. The van der Waals surface area contributed by atoms with Gasteiger partial charge in [-0.1, -0.05) is 55.2 Å². The molecule has 1 heterocycles. The van der Waals surface area contributed by atoms with Crippen molar-refractivity contribution in [2.75, 3.05) is 32.1 Å². The highest BCUT2D eigenvalue weighted by atomic mass is 35.5. The fraction of sp³-hybridized carbons (Fsp3) is 0.481. The van der Waals surface area contributed by atoms with Crippen LogP contribution >= 0.6 is 23.2 Å². The van der Waals surface area contributed by atoms with Crippen molar-refractivity contribution in [3.8, 4) is 0 Å². The number of piperidine rings is 1. The second-order valence-electron chi connectivity index (χ2n) is 9.60. The average molecular weight is 521 g/mol. The van der Waals surface area contributed by atoms with Crippen molar-refractivity contribution in [1.29, 1.82) is 0 Å². The minimum Gasteiger partial charge on any atom is -0.469 e. The molecule has 2 N–H and O–H groups in total. The Hall–Kier alpha value is -2.28. The van der Waals surface area contributed by atoms with Crippen LogP contribution < -0.4 is 10.6 Å². The van der Waals surface area contributed by atoms with E-state index in [9.17, 15) is 9.59 Å². The second-order valence-corrected chi connectivity index (χ2v) is 10.4. The summed E-state index contributed by atoms with van der Waals surface area (Å²) in [5, 5.41) is 7.24. The van der Waals surface area contributed by atoms with Gasteiger partial charge in [0.1, 0.15) is 0 Å². The van der Waals surface area contributed by atoms with E-state index in [0.717, 1.165) is 44.5 Å². The Morgan fingerprint density at radius 3 is 2.46 bits per heavy atom. The van der Waals surface area contributed by atoms with Crippen LogP contribution in [0.25, 0.3) is 0 Å². The van der Waals surface area contributed by atoms with Gasteiger partial charge in [0.2, 0.25) is 0 Å². The van der Waals surface area contributed by atoms with Crippen LogP contribution in [0.15, 0.2) is 42.5 Å². The SMILES string of the molecule is COC(=O)Cc1cccc(NC(=O)NC(CN2CCC(Cc3ccc(Cl)c(Cl)c3)CC2)C(C)C)c1. The van der Waals surface area contributed by atoms with E-state index in [1.54, 1.807) is 6.07 Å². The minimum atomic E-state index is -0.313. The van der Waals surface area contributed by atoms with Crippen LogP contribution in [-0.2, 0) is 22.4 Å². The van der Waals surface area contributed by atoms with Gasteiger partial charge in [0.05, 0.1) is 23.6 Å². The van der Waals surface area contributed by atoms with E-state index in [0.29, 0.717) is 27.6 Å². The number of hydrogen-bond donors (Lipinski definition) is 2. The number of ether oxygens (including phenoxy) is 1. The van der Waals surface area contributed by atoms with Gasteiger partial charge in [-0.25, -0.2) is 4.79 Å². The number of nitrogens with zero attached hydrogens (tertiary/aromatic N) is 1. The van der Waals surface area contributed by atoms with E-state index in [1.165, 1.54) is 12.7 Å². The van der Waals surface area contributed by atoms with Gasteiger partial charge in [-0.15, -0.1) is 0 Å². The number of urea groups is 1. The van der Waals surface area contributed by atoms with Crippen molar-refractivity contribution in [3.05, 3.63) is 63.6 Å². The normalized spacial score (nSPS) is 15.6. The van der Waals surface area contributed by atoms with Crippen LogP contribution in [0.4, 0.5) is 10.5 Å². The predicted octanol–water partition coefficient (Wildman–Crippen LogP) is 5.81. The first-order chi connectivity index (χ1) is 16.7. The Morgan fingerprint density at radius 2 is 1.80 bits per heavy atom. The van der Waals surface area contributed by atoms with Crippen LogP contribution in [-0.4, -0.2) is 49.7 Å². The van der Waals surface area contributed by atoms with Gasteiger partial charge >= 0.3 is 12.0 Å². The number of methoxy groups -OCH3 is 1. The monoisotopic (exact) mass is 519 g/mol. The topological polar surface area (TPSA) is 70.7 Å². The van der Waals surface area contributed by atoms with E-state index in [4.69, 9.17) is 27.9 Å². The summed E-state index contributed by atoms with van der Waals surface area (Å²) in [5.41, 5.74) is 2.67. The highest BCUT2D eigenvalue weighted by Gasteiger charge is 2.24. The molecule has 3 rings (SSSR count). The average Bonchev–Trinajstić information content (AvgIpc) is 2.82. The Morgan fingerprint density at radius 1 is 1.06 bits per heavy atom. The molecule has 1 saturated heterocycles. The van der Waals surface area contributed by atoms with Gasteiger partial charge in [-0.05, 0) is 79.6 Å². The summed E-state index contributed by atoms with van der Waals surface area (Å²) in [7, 11) is 1.36. The van der Waals surface area contributed by atoms with Crippen LogP contribution in [0, 0.1) is 11.8 Å². The van der Waals surface area contributed by atoms with Crippen LogP contribution in [0.1, 0.15) is 37.8 Å². The van der Waals surface area contributed by atoms with Gasteiger partial charge in [-0.2, -0.15) is 0 Å². The fourth-order valence-electron chi connectivity index (χ4n) is 4.41. The lowest BCUT2D eigenvalue weighted by Crippen LogP contribution is -2.49. The molecule has 0 bridgehead atoms. The Labute approximate surface area is 218 Å². The zero-order chi connectivity index (χ0) is 25.4. The number of esters is 1. The minimum absolute atomic E-state index is 0.0277. The van der Waals surface area contributed by atoms with Crippen LogP contribution in [0.2, 0.25) is 10.0 Å². The lowest BCUT2D eigenvalue weighted by atomic mass is 9.89. The number of carbonyl (C=O) groups excluding carboxylic acids is 2. The summed E-state index contributed by atoms with van der Waals surface area (Å²) < 4.78 is 4.72. The predicted molar refractivity (Wildman–Crippen MR) is 142 cm³/mol. The van der Waals surface area contributed by atoms with Gasteiger partial charge < -0.3 is 20.3 Å². The van der Waals surface area contributed by atoms with Crippen LogP contribution in [0.3, 0.4) is 0 Å². The third kappa shape index (κ3) is 8.71. The zero-order valence-electron chi connectivity index (χ0n) is 20.7. The molecular formula is C27H35Cl2N3O3. The molecule has 1 unspecified atom stereocenters. The third-order valence-electron chi connectivity index (χ3n) is 6.55.